The predicted octanol–water partition coefficient (Wildman–Crippen LogP) is 2.09. The summed E-state index contributed by atoms with van der Waals surface area (Å²) in [5.41, 5.74) is -0.165. The second-order valence-electron chi connectivity index (χ2n) is 7.91. The van der Waals surface area contributed by atoms with E-state index in [0.29, 0.717) is 19.5 Å². The fourth-order valence-corrected chi connectivity index (χ4v) is 5.14. The Balaban J connectivity index is 1.82. The monoisotopic (exact) mass is 378 g/mol. The molecular formula is C19H30N4O2S. The van der Waals surface area contributed by atoms with Crippen LogP contribution in [0.5, 0.6) is 0 Å². The molecule has 2 aliphatic rings. The molecule has 0 bridgehead atoms. The number of amides is 3. The minimum atomic E-state index is -0.165. The predicted molar refractivity (Wildman–Crippen MR) is 104 cm³/mol. The van der Waals surface area contributed by atoms with Gasteiger partial charge in [0.25, 0.3) is 0 Å². The summed E-state index contributed by atoms with van der Waals surface area (Å²) in [7, 11) is 3.59. The molecule has 0 aromatic carbocycles. The van der Waals surface area contributed by atoms with Crippen molar-refractivity contribution in [3.05, 3.63) is 21.9 Å². The Bertz CT molecular complexity index is 674. The van der Waals surface area contributed by atoms with Crippen LogP contribution in [0.2, 0.25) is 0 Å². The number of aryl methyl sites for hydroxylation is 1. The first kappa shape index (κ1) is 19.2. The maximum atomic E-state index is 12.6. The molecule has 3 rings (SSSR count). The highest BCUT2D eigenvalue weighted by Crippen LogP contribution is 2.36. The van der Waals surface area contributed by atoms with Gasteiger partial charge in [-0.2, -0.15) is 0 Å². The lowest BCUT2D eigenvalue weighted by atomic mass is 9.86. The number of rotatable bonds is 3. The average molecular weight is 379 g/mol. The van der Waals surface area contributed by atoms with Crippen LogP contribution in [0.1, 0.15) is 23.1 Å². The highest BCUT2D eigenvalue weighted by Gasteiger charge is 2.46. The van der Waals surface area contributed by atoms with E-state index in [-0.39, 0.29) is 17.4 Å². The zero-order valence-electron chi connectivity index (χ0n) is 16.3. The van der Waals surface area contributed by atoms with Crippen molar-refractivity contribution in [1.29, 1.82) is 0 Å². The lowest BCUT2D eigenvalue weighted by Gasteiger charge is -2.34. The van der Waals surface area contributed by atoms with Gasteiger partial charge in [-0.15, -0.1) is 11.3 Å². The number of carbonyl (C=O) groups excluding carboxylic acids is 2. The summed E-state index contributed by atoms with van der Waals surface area (Å²) in [4.78, 5) is 35.7. The van der Waals surface area contributed by atoms with Crippen molar-refractivity contribution in [2.24, 2.45) is 5.41 Å². The van der Waals surface area contributed by atoms with Gasteiger partial charge in [-0.25, -0.2) is 4.79 Å². The molecule has 3 amide bonds. The second-order valence-corrected chi connectivity index (χ2v) is 9.28. The van der Waals surface area contributed by atoms with Crippen LogP contribution in [0.3, 0.4) is 0 Å². The van der Waals surface area contributed by atoms with Crippen molar-refractivity contribution in [2.45, 2.75) is 26.8 Å². The number of nitrogens with zero attached hydrogens (tertiary/aromatic N) is 4. The minimum Gasteiger partial charge on any atom is -0.342 e. The van der Waals surface area contributed by atoms with Gasteiger partial charge in [-0.1, -0.05) is 0 Å². The first-order valence-corrected chi connectivity index (χ1v) is 10.2. The molecule has 2 saturated heterocycles. The average Bonchev–Trinajstić information content (AvgIpc) is 3.07. The van der Waals surface area contributed by atoms with Crippen molar-refractivity contribution >= 4 is 23.3 Å². The quantitative estimate of drug-likeness (QED) is 0.809. The van der Waals surface area contributed by atoms with Gasteiger partial charge < -0.3 is 14.7 Å². The van der Waals surface area contributed by atoms with Gasteiger partial charge in [0, 0.05) is 81.5 Å². The van der Waals surface area contributed by atoms with Crippen LogP contribution in [0.15, 0.2) is 12.1 Å². The molecule has 0 N–H and O–H groups in total. The van der Waals surface area contributed by atoms with Gasteiger partial charge in [0.1, 0.15) is 0 Å². The van der Waals surface area contributed by atoms with Gasteiger partial charge in [0.15, 0.2) is 0 Å². The van der Waals surface area contributed by atoms with E-state index in [1.165, 1.54) is 9.75 Å². The molecule has 6 nitrogen and oxygen atoms in total. The van der Waals surface area contributed by atoms with E-state index in [1.54, 1.807) is 19.0 Å². The number of urea groups is 1. The first-order chi connectivity index (χ1) is 12.3. The largest absolute Gasteiger partial charge is 0.342 e. The Labute approximate surface area is 160 Å². The normalized spacial score (nSPS) is 24.4. The van der Waals surface area contributed by atoms with Gasteiger partial charge in [-0.05, 0) is 26.0 Å². The molecule has 3 heterocycles. The fourth-order valence-electron chi connectivity index (χ4n) is 4.20. The molecule has 1 spiro atoms. The molecule has 1 aromatic heterocycles. The molecule has 26 heavy (non-hydrogen) atoms. The summed E-state index contributed by atoms with van der Waals surface area (Å²) in [5.74, 6) is 0.221. The minimum absolute atomic E-state index is 0.0422. The molecule has 0 unspecified atom stereocenters. The molecular weight excluding hydrogens is 348 g/mol. The Morgan fingerprint density at radius 2 is 2.00 bits per heavy atom. The molecule has 144 valence electrons. The third kappa shape index (κ3) is 4.04. The molecule has 2 fully saturated rings. The number of likely N-dealkylation sites (tertiary alicyclic amines) is 1. The van der Waals surface area contributed by atoms with Crippen molar-refractivity contribution in [3.63, 3.8) is 0 Å². The Morgan fingerprint density at radius 1 is 1.23 bits per heavy atom. The summed E-state index contributed by atoms with van der Waals surface area (Å²) >= 11 is 1.83. The third-order valence-electron chi connectivity index (χ3n) is 5.39. The van der Waals surface area contributed by atoms with Crippen molar-refractivity contribution in [1.82, 2.24) is 19.6 Å². The van der Waals surface area contributed by atoms with E-state index in [1.807, 2.05) is 28.1 Å². The number of carbonyl (C=O) groups is 2. The summed E-state index contributed by atoms with van der Waals surface area (Å²) < 4.78 is 0. The maximum absolute atomic E-state index is 12.6. The Kier molecular flexibility index (Phi) is 5.58. The SMILES string of the molecule is CCN1C[C@]2(CC1=O)CN(Cc1ccc(C)s1)CCN(C(=O)N(C)C)C2. The van der Waals surface area contributed by atoms with E-state index in [2.05, 4.69) is 24.0 Å². The molecule has 2 aliphatic heterocycles. The van der Waals surface area contributed by atoms with Gasteiger partial charge in [0.2, 0.25) is 5.91 Å². The van der Waals surface area contributed by atoms with E-state index in [0.717, 1.165) is 32.7 Å². The lowest BCUT2D eigenvalue weighted by Crippen LogP contribution is -2.47. The lowest BCUT2D eigenvalue weighted by molar-refractivity contribution is -0.127. The van der Waals surface area contributed by atoms with Gasteiger partial charge in [-0.3, -0.25) is 9.69 Å². The van der Waals surface area contributed by atoms with Crippen LogP contribution >= 0.6 is 11.3 Å². The van der Waals surface area contributed by atoms with Crippen LogP contribution in [-0.4, -0.2) is 84.9 Å². The zero-order valence-corrected chi connectivity index (χ0v) is 17.1. The van der Waals surface area contributed by atoms with Crippen LogP contribution in [0.25, 0.3) is 0 Å². The molecule has 7 heteroatoms. The number of hydrogen-bond donors (Lipinski definition) is 0. The molecule has 1 atom stereocenters. The number of thiophene rings is 1. The molecule has 0 aliphatic carbocycles. The van der Waals surface area contributed by atoms with Gasteiger partial charge in [0.05, 0.1) is 0 Å². The van der Waals surface area contributed by atoms with E-state index >= 15 is 0 Å². The summed E-state index contributed by atoms with van der Waals surface area (Å²) in [6, 6.07) is 4.40. The fraction of sp³-hybridized carbons (Fsp3) is 0.684. The van der Waals surface area contributed by atoms with Crippen molar-refractivity contribution < 1.29 is 9.59 Å². The highest BCUT2D eigenvalue weighted by molar-refractivity contribution is 7.11. The first-order valence-electron chi connectivity index (χ1n) is 9.33. The van der Waals surface area contributed by atoms with Crippen molar-refractivity contribution in [3.8, 4) is 0 Å². The highest BCUT2D eigenvalue weighted by atomic mass is 32.1. The molecule has 0 radical (unpaired) electrons. The summed E-state index contributed by atoms with van der Waals surface area (Å²) in [5, 5.41) is 0. The van der Waals surface area contributed by atoms with E-state index in [4.69, 9.17) is 0 Å². The van der Waals surface area contributed by atoms with Crippen LogP contribution in [-0.2, 0) is 11.3 Å². The van der Waals surface area contributed by atoms with E-state index in [9.17, 15) is 9.59 Å². The van der Waals surface area contributed by atoms with Crippen molar-refractivity contribution in [2.75, 3.05) is 53.4 Å². The van der Waals surface area contributed by atoms with Gasteiger partial charge >= 0.3 is 6.03 Å². The maximum Gasteiger partial charge on any atom is 0.319 e. The Morgan fingerprint density at radius 3 is 2.58 bits per heavy atom. The summed E-state index contributed by atoms with van der Waals surface area (Å²) in [6.45, 7) is 9.63. The zero-order chi connectivity index (χ0) is 18.9. The number of hydrogen-bond acceptors (Lipinski definition) is 4. The third-order valence-corrected chi connectivity index (χ3v) is 6.37. The topological polar surface area (TPSA) is 47.1 Å². The molecule has 0 saturated carbocycles. The van der Waals surface area contributed by atoms with Crippen LogP contribution in [0, 0.1) is 12.3 Å². The van der Waals surface area contributed by atoms with Crippen LogP contribution in [0.4, 0.5) is 4.79 Å². The smallest absolute Gasteiger partial charge is 0.319 e. The van der Waals surface area contributed by atoms with E-state index < -0.39 is 0 Å². The van der Waals surface area contributed by atoms with Crippen LogP contribution < -0.4 is 0 Å². The molecule has 1 aromatic rings. The standard InChI is InChI=1S/C19H30N4O2S/c1-5-22-13-19(10-17(22)24)12-21(11-16-7-6-15(2)26-16)8-9-23(14-19)18(25)20(3)4/h6-7H,5,8-14H2,1-4H3/t19-/m0/s1. The second kappa shape index (κ2) is 7.56. The summed E-state index contributed by atoms with van der Waals surface area (Å²) in [6.07, 6.45) is 0.540. The Hall–Kier alpha value is -1.60.